The first-order valence-corrected chi connectivity index (χ1v) is 8.89. The average Bonchev–Trinajstić information content (AvgIpc) is 3.16. The maximum absolute atomic E-state index is 11.9. The molecule has 0 fully saturated rings. The fourth-order valence-electron chi connectivity index (χ4n) is 3.67. The second-order valence-corrected chi connectivity index (χ2v) is 7.22. The van der Waals surface area contributed by atoms with Crippen LogP contribution in [0.3, 0.4) is 0 Å². The van der Waals surface area contributed by atoms with Crippen LogP contribution in [0.5, 0.6) is 0 Å². The highest BCUT2D eigenvalue weighted by Crippen LogP contribution is 2.50. The molecule has 0 saturated heterocycles. The van der Waals surface area contributed by atoms with Crippen LogP contribution in [0.1, 0.15) is 25.3 Å². The van der Waals surface area contributed by atoms with Crippen LogP contribution < -0.4 is 11.1 Å². The number of nitrogens with zero attached hydrogens (tertiary/aromatic N) is 3. The molecule has 130 valence electrons. The number of nitrogens with two attached hydrogens (primary N) is 1. The van der Waals surface area contributed by atoms with Crippen molar-refractivity contribution < 1.29 is 4.79 Å². The monoisotopic (exact) mass is 363 g/mol. The second-order valence-electron chi connectivity index (χ2n) is 6.33. The Bertz CT molecular complexity index is 933. The van der Waals surface area contributed by atoms with Crippen molar-refractivity contribution >= 4 is 17.2 Å². The van der Waals surface area contributed by atoms with E-state index >= 15 is 0 Å². The lowest BCUT2D eigenvalue weighted by atomic mass is 9.63. The number of nitrogens with one attached hydrogen (secondary N) is 1. The first-order valence-electron chi connectivity index (χ1n) is 8.01. The number of nitriles is 2. The van der Waals surface area contributed by atoms with Gasteiger partial charge in [0.15, 0.2) is 0 Å². The zero-order chi connectivity index (χ0) is 18.9. The molecule has 1 amide bonds. The standard InChI is InChI=1S/C19H17N5OS/c1-11-14(9-20)16(15(10-21)12(2)24-11)19(18-23-6-7-26-18)5-3-4-13(8-19)17(22)25/h3-7,16,24H,8H2,1-2H3,(H2,22,25). The fourth-order valence-corrected chi connectivity index (χ4v) is 4.52. The summed E-state index contributed by atoms with van der Waals surface area (Å²) in [7, 11) is 0. The van der Waals surface area contributed by atoms with Crippen LogP contribution in [-0.4, -0.2) is 10.9 Å². The number of carbonyl (C=O) groups excluding carboxylic acids is 1. The SMILES string of the molecule is CC1=C(C#N)C(C2(c3nccs3)C=CC=C(C(N)=O)C2)C(C#N)=C(C)N1. The molecule has 2 heterocycles. The van der Waals surface area contributed by atoms with Gasteiger partial charge < -0.3 is 11.1 Å². The number of amides is 1. The zero-order valence-corrected chi connectivity index (χ0v) is 15.2. The first-order chi connectivity index (χ1) is 12.4. The minimum absolute atomic E-state index is 0.286. The fraction of sp³-hybridized carbons (Fsp3) is 0.263. The average molecular weight is 363 g/mol. The van der Waals surface area contributed by atoms with E-state index in [-0.39, 0.29) is 6.42 Å². The summed E-state index contributed by atoms with van der Waals surface area (Å²) in [6.07, 6.45) is 7.35. The third-order valence-electron chi connectivity index (χ3n) is 4.84. The van der Waals surface area contributed by atoms with Crippen LogP contribution >= 0.6 is 11.3 Å². The van der Waals surface area contributed by atoms with Gasteiger partial charge in [0.1, 0.15) is 5.01 Å². The zero-order valence-electron chi connectivity index (χ0n) is 14.4. The van der Waals surface area contributed by atoms with E-state index in [2.05, 4.69) is 22.4 Å². The number of rotatable bonds is 3. The van der Waals surface area contributed by atoms with Gasteiger partial charge in [-0.2, -0.15) is 10.5 Å². The van der Waals surface area contributed by atoms with Crippen LogP contribution in [0.4, 0.5) is 0 Å². The molecule has 3 N–H and O–H groups in total. The van der Waals surface area contributed by atoms with E-state index in [1.165, 1.54) is 11.3 Å². The number of dihydropyridines is 1. The molecule has 1 aromatic heterocycles. The summed E-state index contributed by atoms with van der Waals surface area (Å²) in [6, 6.07) is 4.51. The highest BCUT2D eigenvalue weighted by Gasteiger charge is 2.48. The van der Waals surface area contributed by atoms with Gasteiger partial charge >= 0.3 is 0 Å². The Labute approximate surface area is 155 Å². The molecule has 6 nitrogen and oxygen atoms in total. The van der Waals surface area contributed by atoms with Crippen molar-refractivity contribution in [2.24, 2.45) is 11.7 Å². The van der Waals surface area contributed by atoms with Gasteiger partial charge in [-0.15, -0.1) is 11.3 Å². The molecule has 1 aliphatic heterocycles. The Hall–Kier alpha value is -3.16. The molecular weight excluding hydrogens is 346 g/mol. The first kappa shape index (κ1) is 17.7. The van der Waals surface area contributed by atoms with Gasteiger partial charge in [0.2, 0.25) is 5.91 Å². The molecule has 2 aliphatic rings. The smallest absolute Gasteiger partial charge is 0.244 e. The molecular formula is C19H17N5OS. The van der Waals surface area contributed by atoms with E-state index in [4.69, 9.17) is 5.73 Å². The van der Waals surface area contributed by atoms with Crippen LogP contribution in [0.25, 0.3) is 0 Å². The summed E-state index contributed by atoms with van der Waals surface area (Å²) >= 11 is 1.44. The molecule has 26 heavy (non-hydrogen) atoms. The minimum atomic E-state index is -0.811. The molecule has 1 aromatic rings. The third kappa shape index (κ3) is 2.63. The van der Waals surface area contributed by atoms with Crippen LogP contribution in [0.15, 0.2) is 57.9 Å². The Morgan fingerprint density at radius 3 is 2.50 bits per heavy atom. The van der Waals surface area contributed by atoms with Crippen molar-refractivity contribution in [2.75, 3.05) is 0 Å². The summed E-state index contributed by atoms with van der Waals surface area (Å²) in [5, 5.41) is 25.3. The summed E-state index contributed by atoms with van der Waals surface area (Å²) in [5.41, 5.74) is 7.52. The van der Waals surface area contributed by atoms with E-state index in [1.807, 2.05) is 25.3 Å². The van der Waals surface area contributed by atoms with Crippen molar-refractivity contribution in [3.63, 3.8) is 0 Å². The second kappa shape index (κ2) is 6.62. The molecule has 0 saturated carbocycles. The molecule has 1 atom stereocenters. The van der Waals surface area contributed by atoms with Gasteiger partial charge in [-0.05, 0) is 20.3 Å². The van der Waals surface area contributed by atoms with Crippen LogP contribution in [0, 0.1) is 28.6 Å². The van der Waals surface area contributed by atoms with Crippen LogP contribution in [-0.2, 0) is 10.2 Å². The highest BCUT2D eigenvalue weighted by molar-refractivity contribution is 7.09. The van der Waals surface area contributed by atoms with E-state index in [1.54, 1.807) is 18.3 Å². The van der Waals surface area contributed by atoms with Gasteiger partial charge in [0, 0.05) is 34.5 Å². The number of hydrogen-bond acceptors (Lipinski definition) is 6. The molecule has 0 spiro atoms. The molecule has 3 rings (SSSR count). The van der Waals surface area contributed by atoms with E-state index in [0.717, 1.165) is 5.01 Å². The summed E-state index contributed by atoms with van der Waals surface area (Å²) in [4.78, 5) is 16.3. The Balaban J connectivity index is 2.29. The molecule has 0 radical (unpaired) electrons. The number of primary amides is 1. The molecule has 0 bridgehead atoms. The molecule has 1 unspecified atom stereocenters. The van der Waals surface area contributed by atoms with Gasteiger partial charge in [-0.3, -0.25) is 4.79 Å². The lowest BCUT2D eigenvalue weighted by Crippen LogP contribution is -2.42. The van der Waals surface area contributed by atoms with Gasteiger partial charge in [-0.25, -0.2) is 4.98 Å². The number of thiazole rings is 1. The van der Waals surface area contributed by atoms with Crippen LogP contribution in [0.2, 0.25) is 0 Å². The number of carbonyl (C=O) groups is 1. The van der Waals surface area contributed by atoms with Crippen molar-refractivity contribution in [2.45, 2.75) is 25.7 Å². The van der Waals surface area contributed by atoms with E-state index < -0.39 is 17.2 Å². The van der Waals surface area contributed by atoms with Crippen molar-refractivity contribution in [1.82, 2.24) is 10.3 Å². The van der Waals surface area contributed by atoms with Crippen molar-refractivity contribution in [3.8, 4) is 12.1 Å². The number of allylic oxidation sites excluding steroid dienone is 7. The predicted molar refractivity (Wildman–Crippen MR) is 98.1 cm³/mol. The van der Waals surface area contributed by atoms with Crippen molar-refractivity contribution in [3.05, 3.63) is 62.9 Å². The minimum Gasteiger partial charge on any atom is -0.366 e. The largest absolute Gasteiger partial charge is 0.366 e. The maximum atomic E-state index is 11.9. The summed E-state index contributed by atoms with van der Waals surface area (Å²) in [5.74, 6) is -1.05. The molecule has 0 aromatic carbocycles. The summed E-state index contributed by atoms with van der Waals surface area (Å²) in [6.45, 7) is 3.63. The third-order valence-corrected chi connectivity index (χ3v) is 5.80. The summed E-state index contributed by atoms with van der Waals surface area (Å²) < 4.78 is 0. The Morgan fingerprint density at radius 1 is 1.35 bits per heavy atom. The number of aromatic nitrogens is 1. The lowest BCUT2D eigenvalue weighted by molar-refractivity contribution is -0.114. The molecule has 7 heteroatoms. The van der Waals surface area contributed by atoms with Gasteiger partial charge in [-0.1, -0.05) is 18.2 Å². The predicted octanol–water partition coefficient (Wildman–Crippen LogP) is 2.57. The van der Waals surface area contributed by atoms with Crippen molar-refractivity contribution in [1.29, 1.82) is 10.5 Å². The maximum Gasteiger partial charge on any atom is 0.244 e. The van der Waals surface area contributed by atoms with Gasteiger partial charge in [0.25, 0.3) is 0 Å². The normalized spacial score (nSPS) is 23.2. The van der Waals surface area contributed by atoms with Gasteiger partial charge in [0.05, 0.1) is 28.7 Å². The number of hydrogen-bond donors (Lipinski definition) is 2. The Morgan fingerprint density at radius 2 is 2.00 bits per heavy atom. The van der Waals surface area contributed by atoms with E-state index in [0.29, 0.717) is 28.1 Å². The molecule has 1 aliphatic carbocycles. The van der Waals surface area contributed by atoms with E-state index in [9.17, 15) is 15.3 Å². The highest BCUT2D eigenvalue weighted by atomic mass is 32.1. The lowest BCUT2D eigenvalue weighted by Gasteiger charge is -2.41. The topological polar surface area (TPSA) is 116 Å². The quantitative estimate of drug-likeness (QED) is 0.856. The Kier molecular flexibility index (Phi) is 4.50.